The summed E-state index contributed by atoms with van der Waals surface area (Å²) in [7, 11) is 7.41. The predicted octanol–water partition coefficient (Wildman–Crippen LogP) is 23.9. The normalized spacial score (nSPS) is 11.9. The number of aliphatic hydroxyl groups is 1. The second-order valence-corrected chi connectivity index (χ2v) is 47.7. The number of primary amides is 1. The Morgan fingerprint density at radius 3 is 1.14 bits per heavy atom. The van der Waals surface area contributed by atoms with Crippen molar-refractivity contribution in [3.63, 3.8) is 0 Å². The Morgan fingerprint density at radius 2 is 0.831 bits per heavy atom. The summed E-state index contributed by atoms with van der Waals surface area (Å²) in [6, 6.07) is 0. The minimum atomic E-state index is -3.83. The van der Waals surface area contributed by atoms with Crippen molar-refractivity contribution in [1.82, 2.24) is 35.4 Å². The first kappa shape index (κ1) is 142. The van der Waals surface area contributed by atoms with Gasteiger partial charge in [0.15, 0.2) is 17.4 Å². The van der Waals surface area contributed by atoms with Crippen LogP contribution in [0.25, 0.3) is 0 Å². The van der Waals surface area contributed by atoms with E-state index in [1.54, 1.807) is 40.3 Å². The fraction of sp³-hybridized carbons (Fsp3) is 0.871. The maximum absolute atomic E-state index is 11.3. The third-order valence-electron chi connectivity index (χ3n) is 18.3. The van der Waals surface area contributed by atoms with Gasteiger partial charge in [-0.05, 0) is 202 Å². The van der Waals surface area contributed by atoms with E-state index in [4.69, 9.17) is 45.4 Å². The number of ether oxygens (including phenoxy) is 1. The van der Waals surface area contributed by atoms with Gasteiger partial charge in [-0.3, -0.25) is 43.6 Å². The summed E-state index contributed by atoms with van der Waals surface area (Å²) in [4.78, 5) is 91.3. The molecule has 130 heavy (non-hydrogen) atoms. The van der Waals surface area contributed by atoms with E-state index in [1.165, 1.54) is 32.1 Å². The number of carbonyl (C=O) groups is 7. The molecule has 0 spiro atoms. The molecule has 0 saturated heterocycles. The summed E-state index contributed by atoms with van der Waals surface area (Å²) in [5, 5.41) is 38.8. The number of aryl methyl sites for hydroxylation is 4. The molecule has 8 N–H and O–H groups in total. The van der Waals surface area contributed by atoms with Crippen LogP contribution in [0.2, 0.25) is 0 Å². The van der Waals surface area contributed by atoms with Gasteiger partial charge in [0.25, 0.3) is 0 Å². The fourth-order valence-electron chi connectivity index (χ4n) is 10.5. The lowest BCUT2D eigenvalue weighted by Crippen LogP contribution is -2.25. The van der Waals surface area contributed by atoms with E-state index >= 15 is 0 Å². The number of nitrogens with two attached hydrogens (primary N) is 3. The van der Waals surface area contributed by atoms with Crippen LogP contribution in [0.5, 0.6) is 0 Å². The number of Topliss-reactive ketones (excluding diaryl/α,β-unsaturated/α-hetero) is 3. The number of hydrogen-bond acceptors (Lipinski definition) is 21. The molecule has 0 aliphatic carbocycles. The number of nitrogens with zero attached hydrogens (tertiary/aromatic N) is 9. The van der Waals surface area contributed by atoms with E-state index in [-0.39, 0.29) is 59.7 Å². The van der Waals surface area contributed by atoms with Crippen LogP contribution >= 0.6 is 0 Å². The van der Waals surface area contributed by atoms with Gasteiger partial charge in [-0.15, -0.1) is 14.6 Å². The van der Waals surface area contributed by atoms with Crippen LogP contribution in [0.3, 0.4) is 0 Å². The molecule has 0 aliphatic heterocycles. The van der Waals surface area contributed by atoms with Crippen LogP contribution in [0.1, 0.15) is 451 Å². The average Bonchev–Trinajstić information content (AvgIpc) is 1.78. The SMILES string of the molecule is CC(C)(C)CCCC(=O)CO.CC(C)(C)CCCC(N)=O.CC(C)(C)CCCCC(N)=NS(N)(=O)=O.CCC(=O)CCCC(C)(C)C.CN(C)C(=O)CCCC(C)(C)C.CN(O)C(=O)CCCC(C)(C)C.CO/N=C/CCCC(C)(C)C.COCC(=O)CCCC(C)(C)C.CON(C)C(=O)CCCC(C)(C)C.Cc1nnc(CCC(C)C)o1.Cc1noc(CCC(C)(C)C)n1. The quantitative estimate of drug-likeness (QED) is 0.0136. The van der Waals surface area contributed by atoms with Crippen molar-refractivity contribution in [3.8, 4) is 0 Å². The Bertz CT molecular complexity index is 3260. The van der Waals surface area contributed by atoms with Crippen LogP contribution in [0.4, 0.5) is 0 Å². The molecule has 0 atom stereocenters. The predicted molar refractivity (Wildman–Crippen MR) is 540 cm³/mol. The van der Waals surface area contributed by atoms with Gasteiger partial charge in [-0.2, -0.15) is 13.4 Å². The topological polar surface area (TPSA) is 412 Å². The van der Waals surface area contributed by atoms with Gasteiger partial charge in [0, 0.05) is 119 Å². The highest BCUT2D eigenvalue weighted by Crippen LogP contribution is 2.29. The molecule has 0 unspecified atom stereocenters. The summed E-state index contributed by atoms with van der Waals surface area (Å²) < 4.78 is 39.2. The zero-order valence-electron chi connectivity index (χ0n) is 91.7. The second-order valence-electron chi connectivity index (χ2n) is 46.4. The standard InChI is InChI=1S/C10H21NO2.C10H21NO.C10H20O2.C10H20O.C9H21N3O2S.C9H16N2O.C9H19NO2.C9H19NO.C9H18O2.C8H14N2O.C8H17NO/c1-10(2,3)8-6-7-9(12)11(4)13-5;1-10(2,3)8-6-7-9(12)11(4)5;1-10(2,3)7-5-6-9(11)8-12-4;1-5-9(11)7-6-8-10(2,3)4;1-9(2,3)7-5-4-6-8(10)12-15(11,13)14;1-7-10-8(12-11-7)5-6-9(2,3)4;1-9(2,3)7-5-6-8(11)10(4)12;1-9(2,3)7-5-6-8-10-11-4;1-9(2,3)6-4-5-8(11)7-10;1-6(2)4-5-8-10-9-7(3)11-8;1-8(2,3)6-4-5-7(9)10/h6-8H2,1-5H3;6-8H2,1-5H3;5-8H2,1-4H3;5-8H2,1-4H3;4-7H2,1-3H3,(H2,10,12)(H2,11,13,14);5-6H2,1-4H3;12H,5-7H2,1-4H3;8H,5-7H2,1-4H3;10H,4-7H2,1-3H3;6H,4-5H2,1-3H3;4-6H2,1-3H3,(H2,9,10)/b;;;;;;;10-8+;;;. The van der Waals surface area contributed by atoms with Crippen LogP contribution in [0, 0.1) is 73.9 Å². The number of amides is 4. The minimum Gasteiger partial charge on any atom is -0.426 e. The number of ketones is 3. The second kappa shape index (κ2) is 76.1. The molecule has 0 fully saturated rings. The van der Waals surface area contributed by atoms with Crippen molar-refractivity contribution in [2.45, 2.75) is 454 Å². The maximum atomic E-state index is 11.3. The van der Waals surface area contributed by atoms with E-state index in [2.05, 4.69) is 256 Å². The molecule has 2 heterocycles. The monoisotopic (exact) mass is 1880 g/mol. The summed E-state index contributed by atoms with van der Waals surface area (Å²) in [6.07, 6.45) is 31.7. The molecule has 772 valence electrons. The Hall–Kier alpha value is -6.14. The number of aliphatic hydroxyl groups excluding tert-OH is 1. The van der Waals surface area contributed by atoms with E-state index in [0.29, 0.717) is 123 Å². The zero-order chi connectivity index (χ0) is 104. The highest BCUT2D eigenvalue weighted by Gasteiger charge is 2.20. The molecule has 2 rings (SSSR count). The third kappa shape index (κ3) is 137. The molecule has 4 amide bonds. The number of carbonyl (C=O) groups excluding carboxylic acids is 7. The van der Waals surface area contributed by atoms with Gasteiger partial charge < -0.3 is 40.0 Å². The zero-order valence-corrected chi connectivity index (χ0v) is 92.5. The van der Waals surface area contributed by atoms with Crippen molar-refractivity contribution in [2.24, 2.45) is 86.2 Å². The Labute approximate surface area is 796 Å². The van der Waals surface area contributed by atoms with Crippen molar-refractivity contribution >= 4 is 63.2 Å². The minimum absolute atomic E-state index is 0.0470. The number of oxime groups is 1. The number of unbranched alkanes of at least 4 members (excludes halogenated alkanes) is 2. The fourth-order valence-corrected chi connectivity index (χ4v) is 10.9. The molecule has 0 aliphatic rings. The van der Waals surface area contributed by atoms with Crippen LogP contribution in [0.15, 0.2) is 18.5 Å². The largest absolute Gasteiger partial charge is 0.426 e. The molecular formula is C101H206N12O16S. The smallest absolute Gasteiger partial charge is 0.318 e. The molecule has 0 saturated carbocycles. The highest BCUT2D eigenvalue weighted by molar-refractivity contribution is 7.88. The summed E-state index contributed by atoms with van der Waals surface area (Å²) in [6.45, 7) is 75.4. The maximum Gasteiger partial charge on any atom is 0.318 e. The Balaban J connectivity index is -0.000000177. The molecule has 0 aromatic carbocycles. The number of hydroxylamine groups is 4. The van der Waals surface area contributed by atoms with Gasteiger partial charge in [-0.1, -0.05) is 245 Å². The lowest BCUT2D eigenvalue weighted by molar-refractivity contribution is -0.168. The Kier molecular flexibility index (Phi) is 82.9. The first-order valence-corrected chi connectivity index (χ1v) is 49.0. The van der Waals surface area contributed by atoms with Gasteiger partial charge >= 0.3 is 10.2 Å². The summed E-state index contributed by atoms with van der Waals surface area (Å²) in [5.74, 6) is 4.12. The molecule has 2 aromatic heterocycles. The van der Waals surface area contributed by atoms with Crippen molar-refractivity contribution in [1.29, 1.82) is 0 Å². The lowest BCUT2D eigenvalue weighted by Gasteiger charge is -2.18. The van der Waals surface area contributed by atoms with Gasteiger partial charge in [0.2, 0.25) is 41.3 Å². The van der Waals surface area contributed by atoms with E-state index in [9.17, 15) is 42.0 Å². The molecule has 28 nitrogen and oxygen atoms in total. The first-order chi connectivity index (χ1) is 58.6. The van der Waals surface area contributed by atoms with Crippen molar-refractivity contribution < 1.29 is 75.6 Å². The first-order valence-electron chi connectivity index (χ1n) is 47.5. The van der Waals surface area contributed by atoms with E-state index in [0.717, 1.165) is 165 Å². The number of methoxy groups -OCH3 is 1. The number of hydrogen-bond donors (Lipinski definition) is 5. The third-order valence-corrected chi connectivity index (χ3v) is 18.8. The van der Waals surface area contributed by atoms with Crippen molar-refractivity contribution in [3.05, 3.63) is 23.5 Å². The summed E-state index contributed by atoms with van der Waals surface area (Å²) >= 11 is 0. The Morgan fingerprint density at radius 1 is 0.469 bits per heavy atom. The molecular weight excluding hydrogens is 1670 g/mol. The van der Waals surface area contributed by atoms with Gasteiger partial charge in [0.1, 0.15) is 31.9 Å². The van der Waals surface area contributed by atoms with Crippen molar-refractivity contribution in [2.75, 3.05) is 62.7 Å². The molecule has 29 heteroatoms. The van der Waals surface area contributed by atoms with Gasteiger partial charge in [-0.25, -0.2) is 15.3 Å². The molecule has 0 radical (unpaired) electrons. The number of amidine groups is 1. The van der Waals surface area contributed by atoms with E-state index < -0.39 is 10.2 Å². The highest BCUT2D eigenvalue weighted by atomic mass is 32.2. The number of aromatic nitrogens is 4. The summed E-state index contributed by atoms with van der Waals surface area (Å²) in [5.41, 5.74) is 13.8. The van der Waals surface area contributed by atoms with Crippen LogP contribution in [-0.2, 0) is 71.0 Å². The van der Waals surface area contributed by atoms with Gasteiger partial charge in [0.05, 0.1) is 7.11 Å². The average molecular weight is 1880 g/mol. The molecule has 2 aromatic rings. The number of rotatable bonds is 40. The van der Waals surface area contributed by atoms with Crippen LogP contribution in [-0.4, -0.2) is 170 Å². The van der Waals surface area contributed by atoms with E-state index in [1.807, 2.05) is 27.0 Å². The van der Waals surface area contributed by atoms with Crippen LogP contribution < -0.4 is 16.6 Å². The lowest BCUT2D eigenvalue weighted by atomic mass is 9.89. The molecule has 0 bridgehead atoms.